The molecule has 0 aliphatic heterocycles. The summed E-state index contributed by atoms with van der Waals surface area (Å²) in [5, 5.41) is 0. The van der Waals surface area contributed by atoms with Crippen molar-refractivity contribution >= 4 is 0 Å². The molecule has 1 rings (SSSR count). The van der Waals surface area contributed by atoms with Crippen LogP contribution in [0.15, 0.2) is 18.2 Å². The van der Waals surface area contributed by atoms with Crippen LogP contribution >= 0.6 is 0 Å². The van der Waals surface area contributed by atoms with Crippen molar-refractivity contribution in [2.45, 2.75) is 39.7 Å². The maximum absolute atomic E-state index is 6.17. The highest BCUT2D eigenvalue weighted by molar-refractivity contribution is 5.32. The Bertz CT molecular complexity index is 323. The summed E-state index contributed by atoms with van der Waals surface area (Å²) in [5.74, 6) is 0. The average molecular weight is 221 g/mol. The summed E-state index contributed by atoms with van der Waals surface area (Å²) >= 11 is 0. The van der Waals surface area contributed by atoms with E-state index in [1.165, 1.54) is 16.7 Å². The van der Waals surface area contributed by atoms with Crippen molar-refractivity contribution in [2.75, 3.05) is 13.2 Å². The van der Waals surface area contributed by atoms with Crippen molar-refractivity contribution in [1.82, 2.24) is 0 Å². The molecule has 0 radical (unpaired) electrons. The molecule has 0 aliphatic carbocycles. The minimum absolute atomic E-state index is 0.0942. The van der Waals surface area contributed by atoms with Crippen LogP contribution in [0.5, 0.6) is 0 Å². The van der Waals surface area contributed by atoms with Crippen molar-refractivity contribution in [3.05, 3.63) is 34.9 Å². The highest BCUT2D eigenvalue weighted by Crippen LogP contribution is 2.19. The van der Waals surface area contributed by atoms with Gasteiger partial charge < -0.3 is 10.5 Å². The molecular formula is C14H23NO. The average Bonchev–Trinajstić information content (AvgIpc) is 2.27. The van der Waals surface area contributed by atoms with Crippen LogP contribution in [0.25, 0.3) is 0 Å². The van der Waals surface area contributed by atoms with Crippen LogP contribution in [-0.2, 0) is 4.74 Å². The summed E-state index contributed by atoms with van der Waals surface area (Å²) in [5.41, 5.74) is 9.96. The number of rotatable bonds is 6. The van der Waals surface area contributed by atoms with Crippen molar-refractivity contribution in [1.29, 1.82) is 0 Å². The van der Waals surface area contributed by atoms with Gasteiger partial charge in [-0.3, -0.25) is 0 Å². The molecule has 16 heavy (non-hydrogen) atoms. The number of ether oxygens (including phenoxy) is 1. The number of hydrogen-bond acceptors (Lipinski definition) is 2. The van der Waals surface area contributed by atoms with Crippen molar-refractivity contribution in [3.63, 3.8) is 0 Å². The predicted molar refractivity (Wildman–Crippen MR) is 68.6 cm³/mol. The molecule has 0 fully saturated rings. The fourth-order valence-corrected chi connectivity index (χ4v) is 1.77. The molecule has 0 saturated heterocycles. The number of aryl methyl sites for hydroxylation is 2. The summed E-state index contributed by atoms with van der Waals surface area (Å²) in [6.45, 7) is 7.91. The third kappa shape index (κ3) is 3.95. The first-order valence-electron chi connectivity index (χ1n) is 6.05. The first-order valence-corrected chi connectivity index (χ1v) is 6.05. The van der Waals surface area contributed by atoms with E-state index < -0.39 is 0 Å². The molecule has 0 bridgehead atoms. The molecule has 1 aromatic carbocycles. The molecule has 0 amide bonds. The van der Waals surface area contributed by atoms with E-state index in [2.05, 4.69) is 39.0 Å². The van der Waals surface area contributed by atoms with Gasteiger partial charge in [-0.25, -0.2) is 0 Å². The van der Waals surface area contributed by atoms with Crippen molar-refractivity contribution in [2.24, 2.45) is 5.73 Å². The van der Waals surface area contributed by atoms with Gasteiger partial charge in [0.25, 0.3) is 0 Å². The summed E-state index contributed by atoms with van der Waals surface area (Å²) in [4.78, 5) is 0. The monoisotopic (exact) mass is 221 g/mol. The lowest BCUT2D eigenvalue weighted by atomic mass is 9.98. The molecule has 1 atom stereocenters. The first-order chi connectivity index (χ1) is 7.65. The van der Waals surface area contributed by atoms with E-state index in [-0.39, 0.29) is 6.04 Å². The maximum Gasteiger partial charge on any atom is 0.0484 e. The van der Waals surface area contributed by atoms with Gasteiger partial charge in [-0.05, 0) is 37.8 Å². The summed E-state index contributed by atoms with van der Waals surface area (Å²) in [6, 6.07) is 6.54. The van der Waals surface area contributed by atoms with Gasteiger partial charge in [0.05, 0.1) is 0 Å². The van der Waals surface area contributed by atoms with Crippen LogP contribution in [0.1, 0.15) is 42.5 Å². The van der Waals surface area contributed by atoms with E-state index in [0.29, 0.717) is 0 Å². The maximum atomic E-state index is 6.17. The van der Waals surface area contributed by atoms with Gasteiger partial charge in [0.15, 0.2) is 0 Å². The van der Waals surface area contributed by atoms with Gasteiger partial charge in [-0.15, -0.1) is 0 Å². The second-order valence-corrected chi connectivity index (χ2v) is 4.37. The molecule has 2 heteroatoms. The van der Waals surface area contributed by atoms with Crippen LogP contribution in [0, 0.1) is 13.8 Å². The molecule has 1 unspecified atom stereocenters. The Morgan fingerprint density at radius 1 is 1.25 bits per heavy atom. The fourth-order valence-electron chi connectivity index (χ4n) is 1.77. The number of benzene rings is 1. The highest BCUT2D eigenvalue weighted by atomic mass is 16.5. The van der Waals surface area contributed by atoms with E-state index in [1.807, 2.05) is 0 Å². The molecule has 0 heterocycles. The summed E-state index contributed by atoms with van der Waals surface area (Å²) in [6.07, 6.45) is 1.96. The van der Waals surface area contributed by atoms with E-state index >= 15 is 0 Å². The molecule has 90 valence electrons. The van der Waals surface area contributed by atoms with Gasteiger partial charge in [-0.2, -0.15) is 0 Å². The summed E-state index contributed by atoms with van der Waals surface area (Å²) in [7, 11) is 0. The van der Waals surface area contributed by atoms with Crippen molar-refractivity contribution < 1.29 is 4.74 Å². The molecule has 1 aromatic rings. The normalized spacial score (nSPS) is 12.8. The zero-order valence-electron chi connectivity index (χ0n) is 10.6. The lowest BCUT2D eigenvalue weighted by Gasteiger charge is -2.15. The summed E-state index contributed by atoms with van der Waals surface area (Å²) < 4.78 is 5.47. The largest absolute Gasteiger partial charge is 0.381 e. The zero-order chi connectivity index (χ0) is 12.0. The van der Waals surface area contributed by atoms with Gasteiger partial charge in [0.2, 0.25) is 0 Å². The Morgan fingerprint density at radius 3 is 2.69 bits per heavy atom. The Balaban J connectivity index is 2.51. The first kappa shape index (κ1) is 13.2. The molecule has 0 spiro atoms. The van der Waals surface area contributed by atoms with Crippen molar-refractivity contribution in [3.8, 4) is 0 Å². The van der Waals surface area contributed by atoms with Crippen LogP contribution in [0.4, 0.5) is 0 Å². The second kappa shape index (κ2) is 6.66. The number of hydrogen-bond donors (Lipinski definition) is 1. The van der Waals surface area contributed by atoms with Crippen LogP contribution < -0.4 is 5.73 Å². The zero-order valence-corrected chi connectivity index (χ0v) is 10.6. The number of nitrogens with two attached hydrogens (primary N) is 1. The van der Waals surface area contributed by atoms with E-state index in [0.717, 1.165) is 26.1 Å². The Hall–Kier alpha value is -0.860. The standard InChI is InChI=1S/C14H23NO/c1-4-8-16-9-7-14(15)13-10-11(2)5-6-12(13)3/h5-6,10,14H,4,7-9,15H2,1-3H3. The highest BCUT2D eigenvalue weighted by Gasteiger charge is 2.08. The smallest absolute Gasteiger partial charge is 0.0484 e. The van der Waals surface area contributed by atoms with E-state index in [9.17, 15) is 0 Å². The van der Waals surface area contributed by atoms with Crippen LogP contribution in [-0.4, -0.2) is 13.2 Å². The molecule has 2 N–H and O–H groups in total. The topological polar surface area (TPSA) is 35.2 Å². The van der Waals surface area contributed by atoms with E-state index in [4.69, 9.17) is 10.5 Å². The molecule has 0 saturated carbocycles. The van der Waals surface area contributed by atoms with Gasteiger partial charge >= 0.3 is 0 Å². The lowest BCUT2D eigenvalue weighted by molar-refractivity contribution is 0.127. The quantitative estimate of drug-likeness (QED) is 0.749. The molecule has 2 nitrogen and oxygen atoms in total. The minimum atomic E-state index is 0.0942. The Morgan fingerprint density at radius 2 is 2.00 bits per heavy atom. The van der Waals surface area contributed by atoms with Gasteiger partial charge in [0.1, 0.15) is 0 Å². The predicted octanol–water partition coefficient (Wildman–Crippen LogP) is 3.12. The Kier molecular flexibility index (Phi) is 5.50. The fraction of sp³-hybridized carbons (Fsp3) is 0.571. The lowest BCUT2D eigenvalue weighted by Crippen LogP contribution is -2.14. The molecular weight excluding hydrogens is 198 g/mol. The molecule has 0 aliphatic rings. The second-order valence-electron chi connectivity index (χ2n) is 4.37. The SMILES string of the molecule is CCCOCCC(N)c1cc(C)ccc1C. The van der Waals surface area contributed by atoms with Gasteiger partial charge in [-0.1, -0.05) is 30.7 Å². The molecule has 0 aromatic heterocycles. The Labute approximate surface area is 98.8 Å². The van der Waals surface area contributed by atoms with Crippen LogP contribution in [0.3, 0.4) is 0 Å². The minimum Gasteiger partial charge on any atom is -0.381 e. The third-order valence-electron chi connectivity index (χ3n) is 2.76. The third-order valence-corrected chi connectivity index (χ3v) is 2.76. The van der Waals surface area contributed by atoms with Crippen LogP contribution in [0.2, 0.25) is 0 Å². The van der Waals surface area contributed by atoms with E-state index in [1.54, 1.807) is 0 Å². The van der Waals surface area contributed by atoms with Gasteiger partial charge in [0, 0.05) is 19.3 Å².